The summed E-state index contributed by atoms with van der Waals surface area (Å²) in [5.74, 6) is -3.03. The quantitative estimate of drug-likeness (QED) is 0.522. The molecule has 0 radical (unpaired) electrons. The van der Waals surface area contributed by atoms with Crippen molar-refractivity contribution in [2.45, 2.75) is 0 Å². The molecule has 8 nitrogen and oxygen atoms in total. The zero-order valence-electron chi connectivity index (χ0n) is 15.5. The van der Waals surface area contributed by atoms with Gasteiger partial charge in [0.1, 0.15) is 28.8 Å². The Labute approximate surface area is 172 Å². The van der Waals surface area contributed by atoms with Crippen molar-refractivity contribution in [3.63, 3.8) is 0 Å². The standard InChI is InChI=1S/C21H12F2N4O4/c22-11-5-6-13(18-25-10-14(21(30)31)20(29)26-18)16(9-11)27-17(28)7-8-24-19(27)12-3-1-2-4-15(12)23/h1-10H,(H,30,31)(H,25,26,29). The van der Waals surface area contributed by atoms with E-state index in [1.54, 1.807) is 6.07 Å². The smallest absolute Gasteiger partial charge is 0.342 e. The summed E-state index contributed by atoms with van der Waals surface area (Å²) in [4.78, 5) is 46.2. The van der Waals surface area contributed by atoms with Crippen molar-refractivity contribution >= 4 is 5.97 Å². The van der Waals surface area contributed by atoms with Crippen molar-refractivity contribution in [3.8, 4) is 28.5 Å². The molecular weight excluding hydrogens is 410 g/mol. The number of carboxylic acid groups (broad SMARTS) is 1. The predicted octanol–water partition coefficient (Wildman–Crippen LogP) is 2.63. The first-order valence-electron chi connectivity index (χ1n) is 8.82. The minimum atomic E-state index is -1.47. The van der Waals surface area contributed by atoms with Crippen LogP contribution in [0.5, 0.6) is 0 Å². The number of nitrogens with one attached hydrogen (secondary N) is 1. The fourth-order valence-corrected chi connectivity index (χ4v) is 3.05. The van der Waals surface area contributed by atoms with Crippen molar-refractivity contribution < 1.29 is 18.7 Å². The number of hydrogen-bond acceptors (Lipinski definition) is 5. The van der Waals surface area contributed by atoms with Crippen LogP contribution in [-0.4, -0.2) is 30.6 Å². The van der Waals surface area contributed by atoms with Gasteiger partial charge in [-0.15, -0.1) is 0 Å². The summed E-state index contributed by atoms with van der Waals surface area (Å²) in [6.45, 7) is 0. The van der Waals surface area contributed by atoms with Crippen molar-refractivity contribution in [2.75, 3.05) is 0 Å². The molecule has 10 heteroatoms. The number of nitrogens with zero attached hydrogens (tertiary/aromatic N) is 3. The molecule has 0 saturated carbocycles. The van der Waals surface area contributed by atoms with Crippen LogP contribution in [0.2, 0.25) is 0 Å². The van der Waals surface area contributed by atoms with Crippen molar-refractivity contribution in [3.05, 3.63) is 98.8 Å². The summed E-state index contributed by atoms with van der Waals surface area (Å²) in [6.07, 6.45) is 2.05. The molecule has 0 saturated heterocycles. The van der Waals surface area contributed by atoms with E-state index in [9.17, 15) is 23.2 Å². The summed E-state index contributed by atoms with van der Waals surface area (Å²) >= 11 is 0. The molecule has 2 N–H and O–H groups in total. The fraction of sp³-hybridized carbons (Fsp3) is 0. The molecule has 0 bridgehead atoms. The first-order valence-corrected chi connectivity index (χ1v) is 8.82. The zero-order valence-corrected chi connectivity index (χ0v) is 15.5. The molecule has 154 valence electrons. The number of carboxylic acids is 1. The Morgan fingerprint density at radius 2 is 1.77 bits per heavy atom. The molecule has 0 aliphatic carbocycles. The van der Waals surface area contributed by atoms with Crippen LogP contribution in [0, 0.1) is 11.6 Å². The molecule has 4 aromatic rings. The molecule has 0 aliphatic rings. The van der Waals surface area contributed by atoms with Crippen molar-refractivity contribution in [2.24, 2.45) is 0 Å². The van der Waals surface area contributed by atoms with E-state index in [2.05, 4.69) is 15.0 Å². The van der Waals surface area contributed by atoms with E-state index in [0.717, 1.165) is 29.0 Å². The molecule has 0 spiro atoms. The Hall–Kier alpha value is -4.47. The highest BCUT2D eigenvalue weighted by molar-refractivity contribution is 5.87. The Morgan fingerprint density at radius 3 is 2.48 bits per heavy atom. The van der Waals surface area contributed by atoms with E-state index in [1.165, 1.54) is 30.5 Å². The predicted molar refractivity (Wildman–Crippen MR) is 106 cm³/mol. The second-order valence-electron chi connectivity index (χ2n) is 6.36. The maximum absolute atomic E-state index is 14.4. The molecule has 2 aromatic carbocycles. The molecule has 0 unspecified atom stereocenters. The molecule has 0 amide bonds. The molecule has 0 fully saturated rings. The van der Waals surface area contributed by atoms with Crippen LogP contribution in [-0.2, 0) is 0 Å². The molecule has 2 heterocycles. The van der Waals surface area contributed by atoms with Gasteiger partial charge in [0.05, 0.1) is 11.3 Å². The molecule has 4 rings (SSSR count). The summed E-state index contributed by atoms with van der Waals surface area (Å²) < 4.78 is 29.6. The van der Waals surface area contributed by atoms with Gasteiger partial charge in [-0.2, -0.15) is 0 Å². The fourth-order valence-electron chi connectivity index (χ4n) is 3.05. The number of rotatable bonds is 4. The zero-order chi connectivity index (χ0) is 22.1. The van der Waals surface area contributed by atoms with E-state index in [4.69, 9.17) is 5.11 Å². The van der Waals surface area contributed by atoms with Gasteiger partial charge in [0.15, 0.2) is 0 Å². The lowest BCUT2D eigenvalue weighted by atomic mass is 10.1. The first kappa shape index (κ1) is 19.8. The second-order valence-corrected chi connectivity index (χ2v) is 6.36. The van der Waals surface area contributed by atoms with Gasteiger partial charge in [-0.25, -0.2) is 23.5 Å². The van der Waals surface area contributed by atoms with E-state index in [-0.39, 0.29) is 28.5 Å². The number of benzene rings is 2. The van der Waals surface area contributed by atoms with Crippen LogP contribution in [0.4, 0.5) is 8.78 Å². The second kappa shape index (κ2) is 7.75. The molecule has 0 atom stereocenters. The van der Waals surface area contributed by atoms with Crippen molar-refractivity contribution in [1.82, 2.24) is 19.5 Å². The minimum absolute atomic E-state index is 0.00177. The van der Waals surface area contributed by atoms with Crippen LogP contribution < -0.4 is 11.1 Å². The first-order chi connectivity index (χ1) is 14.9. The van der Waals surface area contributed by atoms with E-state index < -0.39 is 34.3 Å². The number of H-pyrrole nitrogens is 1. The maximum atomic E-state index is 14.4. The topological polar surface area (TPSA) is 118 Å². The Bertz CT molecular complexity index is 1450. The number of aromatic nitrogens is 4. The third kappa shape index (κ3) is 3.62. The highest BCUT2D eigenvalue weighted by Gasteiger charge is 2.19. The van der Waals surface area contributed by atoms with Crippen LogP contribution >= 0.6 is 0 Å². The average Bonchev–Trinajstić information content (AvgIpc) is 2.73. The normalized spacial score (nSPS) is 10.8. The van der Waals surface area contributed by atoms with E-state index >= 15 is 0 Å². The number of carbonyl (C=O) groups is 1. The maximum Gasteiger partial charge on any atom is 0.342 e. The van der Waals surface area contributed by atoms with Crippen LogP contribution in [0.15, 0.2) is 70.5 Å². The van der Waals surface area contributed by atoms with Gasteiger partial charge < -0.3 is 10.1 Å². The van der Waals surface area contributed by atoms with Gasteiger partial charge in [-0.1, -0.05) is 12.1 Å². The lowest BCUT2D eigenvalue weighted by molar-refractivity contribution is 0.0694. The van der Waals surface area contributed by atoms with Crippen LogP contribution in [0.3, 0.4) is 0 Å². The SMILES string of the molecule is O=C(O)c1cnc(-c2ccc(F)cc2-n2c(-c3ccccc3F)nccc2=O)[nH]c1=O. The Morgan fingerprint density at radius 1 is 1.00 bits per heavy atom. The van der Waals surface area contributed by atoms with Crippen LogP contribution in [0.1, 0.15) is 10.4 Å². The van der Waals surface area contributed by atoms with Gasteiger partial charge >= 0.3 is 5.97 Å². The van der Waals surface area contributed by atoms with Gasteiger partial charge in [0.25, 0.3) is 11.1 Å². The third-order valence-corrected chi connectivity index (χ3v) is 4.45. The molecular formula is C21H12F2N4O4. The van der Waals surface area contributed by atoms with Gasteiger partial charge in [-0.3, -0.25) is 14.2 Å². The van der Waals surface area contributed by atoms with Gasteiger partial charge in [0.2, 0.25) is 0 Å². The summed E-state index contributed by atoms with van der Waals surface area (Å²) in [5.41, 5.74) is -2.12. The summed E-state index contributed by atoms with van der Waals surface area (Å²) in [6, 6.07) is 10.1. The number of halogens is 2. The lowest BCUT2D eigenvalue weighted by Crippen LogP contribution is -2.22. The van der Waals surface area contributed by atoms with E-state index in [1.807, 2.05) is 0 Å². The largest absolute Gasteiger partial charge is 0.477 e. The number of hydrogen-bond donors (Lipinski definition) is 2. The number of aromatic amines is 1. The Balaban J connectivity index is 2.02. The summed E-state index contributed by atoms with van der Waals surface area (Å²) in [7, 11) is 0. The highest BCUT2D eigenvalue weighted by atomic mass is 19.1. The minimum Gasteiger partial charge on any atom is -0.477 e. The number of aromatic carboxylic acids is 1. The third-order valence-electron chi connectivity index (χ3n) is 4.45. The monoisotopic (exact) mass is 422 g/mol. The summed E-state index contributed by atoms with van der Waals surface area (Å²) in [5, 5.41) is 9.02. The Kier molecular flexibility index (Phi) is 4.96. The molecule has 2 aromatic heterocycles. The molecule has 0 aliphatic heterocycles. The average molecular weight is 422 g/mol. The van der Waals surface area contributed by atoms with Gasteiger partial charge in [-0.05, 0) is 30.3 Å². The highest BCUT2D eigenvalue weighted by Crippen LogP contribution is 2.28. The van der Waals surface area contributed by atoms with Gasteiger partial charge in [0, 0.05) is 24.0 Å². The lowest BCUT2D eigenvalue weighted by Gasteiger charge is -2.16. The molecule has 31 heavy (non-hydrogen) atoms. The van der Waals surface area contributed by atoms with Crippen molar-refractivity contribution in [1.29, 1.82) is 0 Å². The van der Waals surface area contributed by atoms with Crippen LogP contribution in [0.25, 0.3) is 28.5 Å². The van der Waals surface area contributed by atoms with E-state index in [0.29, 0.717) is 0 Å².